The highest BCUT2D eigenvalue weighted by atomic mass is 16.5. The monoisotopic (exact) mass is 253 g/mol. The highest BCUT2D eigenvalue weighted by molar-refractivity contribution is 5.75. The Morgan fingerprint density at radius 3 is 2.72 bits per heavy atom. The smallest absolute Gasteiger partial charge is 0.323 e. The number of rotatable bonds is 4. The van der Waals surface area contributed by atoms with E-state index in [1.807, 2.05) is 0 Å². The van der Waals surface area contributed by atoms with Crippen molar-refractivity contribution in [1.82, 2.24) is 5.32 Å². The number of carbonyl (C=O) groups excluding carboxylic acids is 1. The Bertz CT molecular complexity index is 278. The molecule has 2 aliphatic rings. The van der Waals surface area contributed by atoms with E-state index < -0.39 is 0 Å². The van der Waals surface area contributed by atoms with Gasteiger partial charge >= 0.3 is 5.97 Å². The van der Waals surface area contributed by atoms with Crippen LogP contribution in [0.25, 0.3) is 0 Å². The van der Waals surface area contributed by atoms with Gasteiger partial charge in [-0.25, -0.2) is 0 Å². The van der Waals surface area contributed by atoms with Crippen LogP contribution in [0.4, 0.5) is 0 Å². The molecular weight excluding hydrogens is 226 g/mol. The van der Waals surface area contributed by atoms with Gasteiger partial charge in [0.1, 0.15) is 6.04 Å². The summed E-state index contributed by atoms with van der Waals surface area (Å²) in [6.07, 6.45) is 7.31. The SMILES string of the molecule is CC(C)CCOC(=O)C1CC2CCCCC2CN1. The van der Waals surface area contributed by atoms with E-state index in [1.54, 1.807) is 0 Å². The van der Waals surface area contributed by atoms with Crippen LogP contribution < -0.4 is 5.32 Å². The summed E-state index contributed by atoms with van der Waals surface area (Å²) in [7, 11) is 0. The van der Waals surface area contributed by atoms with E-state index in [9.17, 15) is 4.79 Å². The van der Waals surface area contributed by atoms with Gasteiger partial charge in [-0.3, -0.25) is 4.79 Å². The summed E-state index contributed by atoms with van der Waals surface area (Å²) < 4.78 is 5.37. The van der Waals surface area contributed by atoms with Gasteiger partial charge in [0.15, 0.2) is 0 Å². The third-order valence-corrected chi connectivity index (χ3v) is 4.46. The van der Waals surface area contributed by atoms with Crippen molar-refractivity contribution in [3.05, 3.63) is 0 Å². The van der Waals surface area contributed by atoms with Crippen LogP contribution in [0.2, 0.25) is 0 Å². The molecular formula is C15H27NO2. The van der Waals surface area contributed by atoms with E-state index in [1.165, 1.54) is 25.7 Å². The average Bonchev–Trinajstić information content (AvgIpc) is 2.37. The fourth-order valence-corrected chi connectivity index (χ4v) is 3.22. The van der Waals surface area contributed by atoms with E-state index in [2.05, 4.69) is 19.2 Å². The Hall–Kier alpha value is -0.570. The molecule has 3 nitrogen and oxygen atoms in total. The van der Waals surface area contributed by atoms with Crippen molar-refractivity contribution in [3.8, 4) is 0 Å². The molecule has 0 amide bonds. The Kier molecular flexibility index (Phi) is 5.04. The molecule has 18 heavy (non-hydrogen) atoms. The third-order valence-electron chi connectivity index (χ3n) is 4.46. The normalized spacial score (nSPS) is 32.1. The molecule has 0 aromatic heterocycles. The van der Waals surface area contributed by atoms with Gasteiger partial charge in [-0.15, -0.1) is 0 Å². The van der Waals surface area contributed by atoms with Gasteiger partial charge in [0.2, 0.25) is 0 Å². The molecule has 1 saturated carbocycles. The van der Waals surface area contributed by atoms with E-state index in [0.29, 0.717) is 12.5 Å². The minimum atomic E-state index is -0.0449. The zero-order valence-corrected chi connectivity index (χ0v) is 11.8. The first-order valence-corrected chi connectivity index (χ1v) is 7.57. The zero-order valence-electron chi connectivity index (χ0n) is 11.8. The number of ether oxygens (including phenoxy) is 1. The summed E-state index contributed by atoms with van der Waals surface area (Å²) in [4.78, 5) is 12.0. The molecule has 104 valence electrons. The number of esters is 1. The first-order chi connectivity index (χ1) is 8.66. The lowest BCUT2D eigenvalue weighted by molar-refractivity contribution is -0.148. The van der Waals surface area contributed by atoms with E-state index in [4.69, 9.17) is 4.74 Å². The predicted octanol–water partition coefficient (Wildman–Crippen LogP) is 2.74. The number of fused-ring (bicyclic) bond motifs is 1. The van der Waals surface area contributed by atoms with Gasteiger partial charge in [0.05, 0.1) is 6.61 Å². The number of piperidine rings is 1. The van der Waals surface area contributed by atoms with Crippen molar-refractivity contribution in [3.63, 3.8) is 0 Å². The van der Waals surface area contributed by atoms with Crippen LogP contribution in [0, 0.1) is 17.8 Å². The molecule has 3 heteroatoms. The molecule has 3 atom stereocenters. The molecule has 0 bridgehead atoms. The molecule has 3 unspecified atom stereocenters. The van der Waals surface area contributed by atoms with Crippen LogP contribution in [-0.2, 0) is 9.53 Å². The molecule has 0 radical (unpaired) electrons. The van der Waals surface area contributed by atoms with Crippen LogP contribution in [0.3, 0.4) is 0 Å². The second-order valence-corrected chi connectivity index (χ2v) is 6.35. The molecule has 1 aliphatic carbocycles. The zero-order chi connectivity index (χ0) is 13.0. The maximum Gasteiger partial charge on any atom is 0.323 e. The Morgan fingerprint density at radius 1 is 1.28 bits per heavy atom. The maximum absolute atomic E-state index is 12.0. The largest absolute Gasteiger partial charge is 0.465 e. The van der Waals surface area contributed by atoms with Crippen LogP contribution >= 0.6 is 0 Å². The molecule has 0 aromatic rings. The minimum Gasteiger partial charge on any atom is -0.465 e. The maximum atomic E-state index is 12.0. The lowest BCUT2D eigenvalue weighted by Crippen LogP contribution is -2.49. The summed E-state index contributed by atoms with van der Waals surface area (Å²) in [6, 6.07) is -0.0449. The lowest BCUT2D eigenvalue weighted by Gasteiger charge is -2.39. The van der Waals surface area contributed by atoms with Crippen molar-refractivity contribution in [2.45, 2.75) is 58.4 Å². The van der Waals surface area contributed by atoms with Gasteiger partial charge in [-0.05, 0) is 43.6 Å². The fourth-order valence-electron chi connectivity index (χ4n) is 3.22. The summed E-state index contributed by atoms with van der Waals surface area (Å²) in [5.41, 5.74) is 0. The molecule has 2 rings (SSSR count). The highest BCUT2D eigenvalue weighted by Gasteiger charge is 2.35. The molecule has 1 heterocycles. The van der Waals surface area contributed by atoms with Crippen molar-refractivity contribution in [2.75, 3.05) is 13.2 Å². The number of nitrogens with one attached hydrogen (secondary N) is 1. The number of hydrogen-bond donors (Lipinski definition) is 1. The Morgan fingerprint density at radius 2 is 2.00 bits per heavy atom. The average molecular weight is 253 g/mol. The predicted molar refractivity (Wildman–Crippen MR) is 72.3 cm³/mol. The molecule has 0 aromatic carbocycles. The summed E-state index contributed by atoms with van der Waals surface area (Å²) in [5, 5.41) is 3.38. The number of hydrogen-bond acceptors (Lipinski definition) is 3. The van der Waals surface area contributed by atoms with Crippen LogP contribution in [-0.4, -0.2) is 25.2 Å². The summed E-state index contributed by atoms with van der Waals surface area (Å²) in [6.45, 7) is 5.88. The minimum absolute atomic E-state index is 0.0281. The topological polar surface area (TPSA) is 38.3 Å². The van der Waals surface area contributed by atoms with E-state index in [-0.39, 0.29) is 12.0 Å². The lowest BCUT2D eigenvalue weighted by atomic mass is 9.74. The Labute approximate surface area is 111 Å². The van der Waals surface area contributed by atoms with Crippen molar-refractivity contribution in [1.29, 1.82) is 0 Å². The first-order valence-electron chi connectivity index (χ1n) is 7.57. The standard InChI is InChI=1S/C15H27NO2/c1-11(2)7-8-18-15(17)14-9-12-5-3-4-6-13(12)10-16-14/h11-14,16H,3-10H2,1-2H3. The third kappa shape index (κ3) is 3.71. The van der Waals surface area contributed by atoms with Gasteiger partial charge < -0.3 is 10.1 Å². The first kappa shape index (κ1) is 13.9. The van der Waals surface area contributed by atoms with Crippen molar-refractivity contribution in [2.24, 2.45) is 17.8 Å². The van der Waals surface area contributed by atoms with Gasteiger partial charge in [-0.1, -0.05) is 33.1 Å². The molecule has 2 fully saturated rings. The molecule has 1 saturated heterocycles. The van der Waals surface area contributed by atoms with Crippen LogP contribution in [0.5, 0.6) is 0 Å². The Balaban J connectivity index is 1.74. The second-order valence-electron chi connectivity index (χ2n) is 6.35. The van der Waals surface area contributed by atoms with Crippen LogP contribution in [0.1, 0.15) is 52.4 Å². The number of carbonyl (C=O) groups is 1. The van der Waals surface area contributed by atoms with Gasteiger partial charge in [-0.2, -0.15) is 0 Å². The van der Waals surface area contributed by atoms with E-state index >= 15 is 0 Å². The molecule has 1 N–H and O–H groups in total. The molecule has 1 aliphatic heterocycles. The van der Waals surface area contributed by atoms with E-state index in [0.717, 1.165) is 31.2 Å². The fraction of sp³-hybridized carbons (Fsp3) is 0.933. The quantitative estimate of drug-likeness (QED) is 0.783. The van der Waals surface area contributed by atoms with Gasteiger partial charge in [0.25, 0.3) is 0 Å². The van der Waals surface area contributed by atoms with Gasteiger partial charge in [0, 0.05) is 0 Å². The van der Waals surface area contributed by atoms with Crippen molar-refractivity contribution >= 4 is 5.97 Å². The molecule has 0 spiro atoms. The summed E-state index contributed by atoms with van der Waals surface area (Å²) in [5.74, 6) is 2.13. The second kappa shape index (κ2) is 6.55. The van der Waals surface area contributed by atoms with Crippen LogP contribution in [0.15, 0.2) is 0 Å². The summed E-state index contributed by atoms with van der Waals surface area (Å²) >= 11 is 0. The highest BCUT2D eigenvalue weighted by Crippen LogP contribution is 2.35. The van der Waals surface area contributed by atoms with Crippen molar-refractivity contribution < 1.29 is 9.53 Å².